The van der Waals surface area contributed by atoms with Crippen LogP contribution in [0.1, 0.15) is 27.2 Å². The van der Waals surface area contributed by atoms with Gasteiger partial charge in [-0.25, -0.2) is 8.42 Å². The van der Waals surface area contributed by atoms with E-state index in [1.807, 2.05) is 13.8 Å². The van der Waals surface area contributed by atoms with Crippen LogP contribution in [0.2, 0.25) is 0 Å². The highest BCUT2D eigenvalue weighted by molar-refractivity contribution is 7.91. The number of rotatable bonds is 6. The van der Waals surface area contributed by atoms with Crippen molar-refractivity contribution >= 4 is 15.7 Å². The Balaban J connectivity index is 2.51. The van der Waals surface area contributed by atoms with E-state index < -0.39 is 15.4 Å². The molecule has 112 valence electrons. The molecule has 7 heteroatoms. The topological polar surface area (TPSA) is 92.5 Å². The highest BCUT2D eigenvalue weighted by Gasteiger charge is 2.32. The fourth-order valence-electron chi connectivity index (χ4n) is 2.26. The van der Waals surface area contributed by atoms with Crippen LogP contribution in [0.25, 0.3) is 0 Å². The zero-order chi connectivity index (χ0) is 14.7. The molecule has 3 N–H and O–H groups in total. The van der Waals surface area contributed by atoms with Crippen molar-refractivity contribution in [3.8, 4) is 0 Å². The molecule has 0 saturated carbocycles. The van der Waals surface area contributed by atoms with Gasteiger partial charge in [0.25, 0.3) is 0 Å². The van der Waals surface area contributed by atoms with Crippen LogP contribution in [0.3, 0.4) is 0 Å². The van der Waals surface area contributed by atoms with E-state index in [2.05, 4.69) is 10.2 Å². The second-order valence-corrected chi connectivity index (χ2v) is 8.04. The van der Waals surface area contributed by atoms with Gasteiger partial charge in [0.15, 0.2) is 9.84 Å². The Morgan fingerprint density at radius 3 is 2.32 bits per heavy atom. The van der Waals surface area contributed by atoms with Gasteiger partial charge in [-0.05, 0) is 27.2 Å². The van der Waals surface area contributed by atoms with Crippen LogP contribution in [0.5, 0.6) is 0 Å². The third-order valence-corrected chi connectivity index (χ3v) is 5.13. The second-order valence-electron chi connectivity index (χ2n) is 5.74. The number of carbonyl (C=O) groups is 1. The molecule has 6 nitrogen and oxygen atoms in total. The van der Waals surface area contributed by atoms with Crippen LogP contribution >= 0.6 is 0 Å². The number of amides is 1. The number of nitrogens with zero attached hydrogens (tertiary/aromatic N) is 1. The van der Waals surface area contributed by atoms with E-state index in [1.165, 1.54) is 0 Å². The number of nitrogens with two attached hydrogens (primary N) is 1. The minimum atomic E-state index is -2.85. The molecular formula is C12H25N3O3S. The summed E-state index contributed by atoms with van der Waals surface area (Å²) in [4.78, 5) is 13.7. The van der Waals surface area contributed by atoms with E-state index in [0.717, 1.165) is 0 Å². The number of nitrogens with one attached hydrogen (secondary N) is 1. The van der Waals surface area contributed by atoms with Crippen molar-refractivity contribution in [2.24, 2.45) is 5.73 Å². The lowest BCUT2D eigenvalue weighted by atomic mass is 9.95. The van der Waals surface area contributed by atoms with Crippen molar-refractivity contribution in [1.29, 1.82) is 0 Å². The second kappa shape index (κ2) is 6.19. The smallest absolute Gasteiger partial charge is 0.237 e. The first-order chi connectivity index (χ1) is 8.65. The number of hydrogen-bond donors (Lipinski definition) is 2. The molecule has 1 heterocycles. The first-order valence-corrected chi connectivity index (χ1v) is 8.47. The van der Waals surface area contributed by atoms with Crippen molar-refractivity contribution in [3.05, 3.63) is 0 Å². The third kappa shape index (κ3) is 5.08. The zero-order valence-corrected chi connectivity index (χ0v) is 12.8. The molecule has 1 amide bonds. The Morgan fingerprint density at radius 1 is 1.37 bits per heavy atom. The van der Waals surface area contributed by atoms with Gasteiger partial charge in [0, 0.05) is 25.7 Å². The summed E-state index contributed by atoms with van der Waals surface area (Å²) in [6.45, 7) is 7.49. The van der Waals surface area contributed by atoms with Crippen molar-refractivity contribution < 1.29 is 13.2 Å². The first-order valence-electron chi connectivity index (χ1n) is 6.65. The van der Waals surface area contributed by atoms with E-state index in [-0.39, 0.29) is 23.5 Å². The normalized spacial score (nSPS) is 23.2. The predicted octanol–water partition coefficient (Wildman–Crippen LogP) is -0.651. The molecule has 0 aromatic heterocycles. The first kappa shape index (κ1) is 16.4. The maximum Gasteiger partial charge on any atom is 0.237 e. The minimum absolute atomic E-state index is 0.166. The largest absolute Gasteiger partial charge is 0.368 e. The molecule has 0 aliphatic carbocycles. The van der Waals surface area contributed by atoms with Gasteiger partial charge in [0.2, 0.25) is 5.91 Å². The molecule has 1 aliphatic rings. The molecule has 1 rings (SSSR count). The third-order valence-electron chi connectivity index (χ3n) is 3.52. The average molecular weight is 291 g/mol. The van der Waals surface area contributed by atoms with Gasteiger partial charge in [-0.1, -0.05) is 0 Å². The van der Waals surface area contributed by atoms with Gasteiger partial charge in [-0.15, -0.1) is 0 Å². The van der Waals surface area contributed by atoms with E-state index in [9.17, 15) is 13.2 Å². The predicted molar refractivity (Wildman–Crippen MR) is 75.6 cm³/mol. The molecule has 1 fully saturated rings. The SMILES string of the molecule is CC(C)NC(C)(CCN1CCS(=O)(=O)CC1)C(N)=O. The van der Waals surface area contributed by atoms with Gasteiger partial charge < -0.3 is 16.0 Å². The lowest BCUT2D eigenvalue weighted by Crippen LogP contribution is -2.57. The molecule has 19 heavy (non-hydrogen) atoms. The summed E-state index contributed by atoms with van der Waals surface area (Å²) in [6.07, 6.45) is 0.584. The summed E-state index contributed by atoms with van der Waals surface area (Å²) in [5.41, 5.74) is 4.72. The summed E-state index contributed by atoms with van der Waals surface area (Å²) in [6, 6.07) is 0.166. The van der Waals surface area contributed by atoms with Crippen LogP contribution in [-0.2, 0) is 14.6 Å². The molecule has 0 spiro atoms. The van der Waals surface area contributed by atoms with Crippen LogP contribution in [0.15, 0.2) is 0 Å². The van der Waals surface area contributed by atoms with Gasteiger partial charge >= 0.3 is 0 Å². The molecular weight excluding hydrogens is 266 g/mol. The number of hydrogen-bond acceptors (Lipinski definition) is 5. The molecule has 0 radical (unpaired) electrons. The van der Waals surface area contributed by atoms with Crippen LogP contribution in [0.4, 0.5) is 0 Å². The maximum absolute atomic E-state index is 11.6. The highest BCUT2D eigenvalue weighted by Crippen LogP contribution is 2.13. The maximum atomic E-state index is 11.6. The Bertz CT molecular complexity index is 408. The molecule has 1 saturated heterocycles. The monoisotopic (exact) mass is 291 g/mol. The molecule has 1 atom stereocenters. The molecule has 1 unspecified atom stereocenters. The van der Waals surface area contributed by atoms with Crippen molar-refractivity contribution in [2.75, 3.05) is 31.1 Å². The van der Waals surface area contributed by atoms with Gasteiger partial charge in [0.05, 0.1) is 17.0 Å². The molecule has 0 aromatic carbocycles. The molecule has 0 aromatic rings. The van der Waals surface area contributed by atoms with E-state index >= 15 is 0 Å². The summed E-state index contributed by atoms with van der Waals surface area (Å²) in [7, 11) is -2.85. The van der Waals surface area contributed by atoms with Gasteiger partial charge in [0.1, 0.15) is 0 Å². The minimum Gasteiger partial charge on any atom is -0.368 e. The van der Waals surface area contributed by atoms with E-state index in [0.29, 0.717) is 26.1 Å². The standard InChI is InChI=1S/C12H25N3O3S/c1-10(2)14-12(3,11(13)16)4-5-15-6-8-19(17,18)9-7-15/h10,14H,4-9H2,1-3H3,(H2,13,16). The van der Waals surface area contributed by atoms with Crippen LogP contribution in [-0.4, -0.2) is 61.9 Å². The van der Waals surface area contributed by atoms with Crippen molar-refractivity contribution in [2.45, 2.75) is 38.8 Å². The number of primary amides is 1. The fraction of sp³-hybridized carbons (Fsp3) is 0.917. The molecule has 1 aliphatic heterocycles. The average Bonchev–Trinajstić information content (AvgIpc) is 2.26. The van der Waals surface area contributed by atoms with Crippen molar-refractivity contribution in [3.63, 3.8) is 0 Å². The van der Waals surface area contributed by atoms with E-state index in [4.69, 9.17) is 5.73 Å². The summed E-state index contributed by atoms with van der Waals surface area (Å²) < 4.78 is 22.7. The Kier molecular flexibility index (Phi) is 5.34. The lowest BCUT2D eigenvalue weighted by Gasteiger charge is -2.33. The summed E-state index contributed by atoms with van der Waals surface area (Å²) in [5.74, 6) is 0.0429. The Hall–Kier alpha value is -0.660. The number of sulfone groups is 1. The molecule has 0 bridgehead atoms. The number of carbonyl (C=O) groups excluding carboxylic acids is 1. The Morgan fingerprint density at radius 2 is 1.89 bits per heavy atom. The summed E-state index contributed by atoms with van der Waals surface area (Å²) in [5, 5.41) is 3.19. The van der Waals surface area contributed by atoms with Gasteiger partial charge in [-0.3, -0.25) is 4.79 Å². The van der Waals surface area contributed by atoms with Crippen LogP contribution < -0.4 is 11.1 Å². The fourth-order valence-corrected chi connectivity index (χ4v) is 3.54. The highest BCUT2D eigenvalue weighted by atomic mass is 32.2. The quantitative estimate of drug-likeness (QED) is 0.678. The van der Waals surface area contributed by atoms with Crippen LogP contribution in [0, 0.1) is 0 Å². The zero-order valence-electron chi connectivity index (χ0n) is 12.0. The Labute approximate surface area is 115 Å². The van der Waals surface area contributed by atoms with Gasteiger partial charge in [-0.2, -0.15) is 0 Å². The van der Waals surface area contributed by atoms with Crippen molar-refractivity contribution in [1.82, 2.24) is 10.2 Å². The summed E-state index contributed by atoms with van der Waals surface area (Å²) >= 11 is 0. The lowest BCUT2D eigenvalue weighted by molar-refractivity contribution is -0.124. The van der Waals surface area contributed by atoms with E-state index in [1.54, 1.807) is 6.92 Å².